The number of anilines is 4. The Balaban J connectivity index is 1.67. The Morgan fingerprint density at radius 3 is 2.68 bits per heavy atom. The number of amides is 2. The van der Waals surface area contributed by atoms with Crippen LogP contribution in [0.2, 0.25) is 0 Å². The minimum atomic E-state index is -1.02. The molecule has 0 fully saturated rings. The normalized spacial score (nSPS) is 13.1. The highest BCUT2D eigenvalue weighted by Gasteiger charge is 2.30. The largest absolute Gasteiger partial charge is 0.494 e. The van der Waals surface area contributed by atoms with Crippen LogP contribution in [0.1, 0.15) is 5.56 Å². The molecule has 0 bridgehead atoms. The number of urea groups is 1. The van der Waals surface area contributed by atoms with Crippen LogP contribution in [0.3, 0.4) is 0 Å². The van der Waals surface area contributed by atoms with Gasteiger partial charge in [-0.25, -0.2) is 9.78 Å². The van der Waals surface area contributed by atoms with Crippen LogP contribution in [0, 0.1) is 15.9 Å². The fourth-order valence-electron chi connectivity index (χ4n) is 3.25. The van der Waals surface area contributed by atoms with Crippen LogP contribution in [0.5, 0.6) is 5.75 Å². The van der Waals surface area contributed by atoms with Gasteiger partial charge >= 0.3 is 11.7 Å². The van der Waals surface area contributed by atoms with Gasteiger partial charge in [-0.2, -0.15) is 9.37 Å². The van der Waals surface area contributed by atoms with Crippen molar-refractivity contribution in [1.29, 1.82) is 0 Å². The molecule has 1 aromatic heterocycles. The van der Waals surface area contributed by atoms with Crippen molar-refractivity contribution in [1.82, 2.24) is 9.97 Å². The number of rotatable bonds is 5. The van der Waals surface area contributed by atoms with Gasteiger partial charge in [-0.15, -0.1) is 0 Å². The van der Waals surface area contributed by atoms with E-state index in [9.17, 15) is 19.3 Å². The molecule has 0 saturated carbocycles. The highest BCUT2D eigenvalue weighted by molar-refractivity contribution is 6.05. The lowest BCUT2D eigenvalue weighted by Gasteiger charge is -2.34. The number of carbonyl (C=O) groups excluding carboxylic acids is 1. The number of nitro groups is 1. The Hall–Kier alpha value is -4.28. The molecule has 1 aliphatic heterocycles. The van der Waals surface area contributed by atoms with Crippen molar-refractivity contribution in [3.05, 3.63) is 70.2 Å². The summed E-state index contributed by atoms with van der Waals surface area (Å²) in [6, 6.07) is 10.9. The summed E-state index contributed by atoms with van der Waals surface area (Å²) in [6.45, 7) is 0.286. The number of ether oxygens (including phenoxy) is 1. The van der Waals surface area contributed by atoms with E-state index in [1.165, 1.54) is 12.0 Å². The van der Waals surface area contributed by atoms with Gasteiger partial charge in [0.1, 0.15) is 11.6 Å². The Labute approximate surface area is 176 Å². The highest BCUT2D eigenvalue weighted by Crippen LogP contribution is 2.34. The first-order valence-corrected chi connectivity index (χ1v) is 9.14. The number of hydrogen-bond donors (Lipinski definition) is 1. The summed E-state index contributed by atoms with van der Waals surface area (Å²) in [5.41, 5.74) is 0.863. The second-order valence-electron chi connectivity index (χ2n) is 6.69. The zero-order chi connectivity index (χ0) is 22.1. The van der Waals surface area contributed by atoms with Crippen molar-refractivity contribution < 1.29 is 18.8 Å². The van der Waals surface area contributed by atoms with E-state index in [1.807, 2.05) is 30.3 Å². The van der Waals surface area contributed by atoms with E-state index >= 15 is 0 Å². The van der Waals surface area contributed by atoms with Gasteiger partial charge in [0, 0.05) is 36.6 Å². The first-order chi connectivity index (χ1) is 14.9. The standard InChI is InChI=1S/C20H17FN6O4/c1-25-18-12(11-26(20(25)28)13-6-4-3-5-7-13)10-22-19(24-18)23-15-9-16(27(29)30)14(21)8-17(15)31-2/h3-10H,11H2,1-2H3,(H,22,23,24). The predicted octanol–water partition coefficient (Wildman–Crippen LogP) is 3.85. The Kier molecular flexibility index (Phi) is 5.07. The minimum absolute atomic E-state index is 0.0455. The summed E-state index contributed by atoms with van der Waals surface area (Å²) in [6.07, 6.45) is 1.56. The third-order valence-electron chi connectivity index (χ3n) is 4.79. The number of halogens is 1. The summed E-state index contributed by atoms with van der Waals surface area (Å²) in [7, 11) is 2.90. The number of fused-ring (bicyclic) bond motifs is 1. The van der Waals surface area contributed by atoms with Crippen LogP contribution in [0.15, 0.2) is 48.7 Å². The molecule has 0 unspecified atom stereocenters. The lowest BCUT2D eigenvalue weighted by atomic mass is 10.2. The lowest BCUT2D eigenvalue weighted by Crippen LogP contribution is -2.45. The molecular formula is C20H17FN6O4. The van der Waals surface area contributed by atoms with E-state index in [1.54, 1.807) is 18.1 Å². The first-order valence-electron chi connectivity index (χ1n) is 9.14. The van der Waals surface area contributed by atoms with E-state index in [2.05, 4.69) is 15.3 Å². The maximum Gasteiger partial charge on any atom is 0.330 e. The van der Waals surface area contributed by atoms with E-state index in [4.69, 9.17) is 4.74 Å². The second-order valence-corrected chi connectivity index (χ2v) is 6.69. The van der Waals surface area contributed by atoms with Crippen LogP contribution in [0.25, 0.3) is 0 Å². The summed E-state index contributed by atoms with van der Waals surface area (Å²) in [4.78, 5) is 34.7. The Morgan fingerprint density at radius 1 is 1.26 bits per heavy atom. The summed E-state index contributed by atoms with van der Waals surface area (Å²) in [5, 5.41) is 13.9. The van der Waals surface area contributed by atoms with Gasteiger partial charge in [-0.1, -0.05) is 18.2 Å². The highest BCUT2D eigenvalue weighted by atomic mass is 19.1. The second kappa shape index (κ2) is 7.86. The number of carbonyl (C=O) groups is 1. The lowest BCUT2D eigenvalue weighted by molar-refractivity contribution is -0.387. The molecule has 0 aliphatic carbocycles. The third-order valence-corrected chi connectivity index (χ3v) is 4.79. The van der Waals surface area contributed by atoms with E-state index in [0.29, 0.717) is 11.4 Å². The molecule has 2 aromatic carbocycles. The van der Waals surface area contributed by atoms with Crippen LogP contribution < -0.4 is 19.9 Å². The Morgan fingerprint density at radius 2 is 2.00 bits per heavy atom. The number of methoxy groups -OCH3 is 1. The molecule has 0 radical (unpaired) electrons. The maximum absolute atomic E-state index is 13.9. The first kappa shape index (κ1) is 20.0. The minimum Gasteiger partial charge on any atom is -0.494 e. The quantitative estimate of drug-likeness (QED) is 0.489. The Bertz CT molecular complexity index is 1170. The number of benzene rings is 2. The number of para-hydroxylation sites is 1. The number of nitrogens with one attached hydrogen (secondary N) is 1. The third kappa shape index (κ3) is 3.68. The van der Waals surface area contributed by atoms with Crippen molar-refractivity contribution >= 4 is 34.9 Å². The van der Waals surface area contributed by atoms with Gasteiger partial charge in [-0.3, -0.25) is 19.9 Å². The summed E-state index contributed by atoms with van der Waals surface area (Å²) < 4.78 is 19.0. The fraction of sp³-hybridized carbons (Fsp3) is 0.150. The molecule has 4 rings (SSSR count). The van der Waals surface area contributed by atoms with Crippen LogP contribution in [0.4, 0.5) is 38.0 Å². The smallest absolute Gasteiger partial charge is 0.330 e. The van der Waals surface area contributed by atoms with Gasteiger partial charge in [0.2, 0.25) is 11.8 Å². The predicted molar refractivity (Wildman–Crippen MR) is 111 cm³/mol. The average molecular weight is 424 g/mol. The molecule has 0 atom stereocenters. The SMILES string of the molecule is COc1cc(F)c([N+](=O)[O-])cc1Nc1ncc2c(n1)N(C)C(=O)N(c1ccccc1)C2. The van der Waals surface area contributed by atoms with E-state index in [0.717, 1.165) is 17.8 Å². The number of aromatic nitrogens is 2. The van der Waals surface area contributed by atoms with E-state index < -0.39 is 16.4 Å². The van der Waals surface area contributed by atoms with Gasteiger partial charge in [0.25, 0.3) is 0 Å². The topological polar surface area (TPSA) is 114 Å². The van der Waals surface area contributed by atoms with Crippen molar-refractivity contribution in [2.45, 2.75) is 6.54 Å². The zero-order valence-electron chi connectivity index (χ0n) is 16.6. The van der Waals surface area contributed by atoms with E-state index in [-0.39, 0.29) is 30.0 Å². The number of nitro benzene ring substituents is 1. The molecule has 11 heteroatoms. The number of nitrogens with zero attached hydrogens (tertiary/aromatic N) is 5. The molecule has 2 heterocycles. The van der Waals surface area contributed by atoms with Crippen molar-refractivity contribution in [2.75, 3.05) is 29.3 Å². The van der Waals surface area contributed by atoms with Crippen LogP contribution in [-0.4, -0.2) is 35.1 Å². The molecule has 1 aliphatic rings. The molecule has 0 saturated heterocycles. The fourth-order valence-corrected chi connectivity index (χ4v) is 3.25. The van der Waals surface area contributed by atoms with Gasteiger partial charge in [0.05, 0.1) is 24.3 Å². The maximum atomic E-state index is 13.9. The molecule has 10 nitrogen and oxygen atoms in total. The van der Waals surface area contributed by atoms with Gasteiger partial charge in [-0.05, 0) is 12.1 Å². The van der Waals surface area contributed by atoms with Crippen LogP contribution in [-0.2, 0) is 6.54 Å². The number of hydrogen-bond acceptors (Lipinski definition) is 7. The van der Waals surface area contributed by atoms with Gasteiger partial charge < -0.3 is 10.1 Å². The molecule has 31 heavy (non-hydrogen) atoms. The molecule has 2 amide bonds. The molecular weight excluding hydrogens is 407 g/mol. The molecule has 158 valence electrons. The zero-order valence-corrected chi connectivity index (χ0v) is 16.6. The summed E-state index contributed by atoms with van der Waals surface area (Å²) >= 11 is 0. The average Bonchev–Trinajstić information content (AvgIpc) is 2.77. The monoisotopic (exact) mass is 424 g/mol. The van der Waals surface area contributed by atoms with Crippen LogP contribution >= 0.6 is 0 Å². The molecule has 1 N–H and O–H groups in total. The van der Waals surface area contributed by atoms with Gasteiger partial charge in [0.15, 0.2) is 0 Å². The molecule has 3 aromatic rings. The molecule has 0 spiro atoms. The van der Waals surface area contributed by atoms with Crippen molar-refractivity contribution in [3.63, 3.8) is 0 Å². The van der Waals surface area contributed by atoms with Crippen molar-refractivity contribution in [3.8, 4) is 5.75 Å². The summed E-state index contributed by atoms with van der Waals surface area (Å²) in [5.74, 6) is -0.509. The van der Waals surface area contributed by atoms with Crippen molar-refractivity contribution in [2.24, 2.45) is 0 Å².